The van der Waals surface area contributed by atoms with Crippen molar-refractivity contribution in [1.29, 1.82) is 0 Å². The molecular weight excluding hydrogens is 300 g/mol. The summed E-state index contributed by atoms with van der Waals surface area (Å²) in [4.78, 5) is 11.9. The third-order valence-electron chi connectivity index (χ3n) is 3.68. The minimum absolute atomic E-state index is 0.0818. The fourth-order valence-corrected chi connectivity index (χ4v) is 2.21. The Bertz CT molecular complexity index is 474. The normalized spacial score (nSPS) is 13.4. The van der Waals surface area contributed by atoms with Crippen LogP contribution in [0.25, 0.3) is 0 Å². The second-order valence-corrected chi connectivity index (χ2v) is 5.64. The zero-order valence-electron chi connectivity index (χ0n) is 13.1. The van der Waals surface area contributed by atoms with Gasteiger partial charge in [-0.2, -0.15) is 0 Å². The lowest BCUT2D eigenvalue weighted by Crippen LogP contribution is -2.43. The van der Waals surface area contributed by atoms with Gasteiger partial charge in [0.15, 0.2) is 0 Å². The fraction of sp³-hybridized carbons (Fsp3) is 0.533. The molecule has 0 fully saturated rings. The minimum atomic E-state index is -1.59. The van der Waals surface area contributed by atoms with Crippen LogP contribution in [0.4, 0.5) is 4.39 Å². The van der Waals surface area contributed by atoms with Crippen LogP contribution >= 0.6 is 0 Å². The molecule has 0 heterocycles. The molecule has 0 saturated heterocycles. The first kappa shape index (κ1) is 19.6. The van der Waals surface area contributed by atoms with E-state index < -0.39 is 19.0 Å². The van der Waals surface area contributed by atoms with Crippen molar-refractivity contribution >= 4 is 13.0 Å². The molecule has 8 heteroatoms. The van der Waals surface area contributed by atoms with Crippen molar-refractivity contribution in [2.24, 2.45) is 11.5 Å². The Morgan fingerprint density at radius 2 is 1.91 bits per heavy atom. The van der Waals surface area contributed by atoms with Crippen molar-refractivity contribution in [3.8, 4) is 0 Å². The van der Waals surface area contributed by atoms with Crippen LogP contribution in [-0.4, -0.2) is 42.2 Å². The fourth-order valence-electron chi connectivity index (χ4n) is 2.21. The molecule has 0 aliphatic heterocycles. The van der Waals surface area contributed by atoms with Gasteiger partial charge < -0.3 is 26.8 Å². The Labute approximate surface area is 136 Å². The third kappa shape index (κ3) is 7.56. The number of amides is 1. The number of benzene rings is 1. The summed E-state index contributed by atoms with van der Waals surface area (Å²) in [5.74, 6) is -1.28. The molecule has 0 aromatic heterocycles. The number of carbonyl (C=O) groups is 1. The first-order chi connectivity index (χ1) is 10.9. The quantitative estimate of drug-likeness (QED) is 0.301. The van der Waals surface area contributed by atoms with Crippen LogP contribution in [0.3, 0.4) is 0 Å². The van der Waals surface area contributed by atoms with E-state index in [1.165, 1.54) is 12.1 Å². The van der Waals surface area contributed by atoms with Gasteiger partial charge in [0.2, 0.25) is 5.91 Å². The van der Waals surface area contributed by atoms with E-state index in [2.05, 4.69) is 5.32 Å². The van der Waals surface area contributed by atoms with Gasteiger partial charge in [0, 0.05) is 12.4 Å². The van der Waals surface area contributed by atoms with E-state index in [0.29, 0.717) is 19.4 Å². The molecule has 1 aromatic rings. The Morgan fingerprint density at radius 1 is 1.26 bits per heavy atom. The van der Waals surface area contributed by atoms with Crippen LogP contribution in [0.2, 0.25) is 5.82 Å². The number of unbranched alkanes of at least 4 members (excludes halogenated alkanes) is 1. The average molecular weight is 325 g/mol. The van der Waals surface area contributed by atoms with Gasteiger partial charge in [-0.25, -0.2) is 4.39 Å². The summed E-state index contributed by atoms with van der Waals surface area (Å²) in [5.41, 5.74) is 11.9. The predicted octanol–water partition coefficient (Wildman–Crippen LogP) is -0.216. The topological polar surface area (TPSA) is 122 Å². The zero-order chi connectivity index (χ0) is 17.2. The molecule has 0 unspecified atom stereocenters. The molecular formula is C15H25BFN3O3. The average Bonchev–Trinajstić information content (AvgIpc) is 2.52. The summed E-state index contributed by atoms with van der Waals surface area (Å²) in [6.45, 7) is 0.642. The maximum Gasteiger partial charge on any atom is 0.456 e. The Hall–Kier alpha value is -1.48. The molecule has 0 aliphatic rings. The van der Waals surface area contributed by atoms with Gasteiger partial charge in [-0.05, 0) is 43.5 Å². The van der Waals surface area contributed by atoms with Gasteiger partial charge in [0.1, 0.15) is 5.82 Å². The molecule has 2 atom stereocenters. The monoisotopic (exact) mass is 325 g/mol. The number of hydrogen-bond acceptors (Lipinski definition) is 5. The highest BCUT2D eigenvalue weighted by molar-refractivity contribution is 6.43. The van der Waals surface area contributed by atoms with E-state index >= 15 is 0 Å². The van der Waals surface area contributed by atoms with E-state index in [1.54, 1.807) is 12.1 Å². The molecule has 6 nitrogen and oxygen atoms in total. The van der Waals surface area contributed by atoms with Crippen molar-refractivity contribution in [3.63, 3.8) is 0 Å². The van der Waals surface area contributed by atoms with Gasteiger partial charge in [-0.3, -0.25) is 4.79 Å². The van der Waals surface area contributed by atoms with Crippen molar-refractivity contribution in [3.05, 3.63) is 35.6 Å². The summed E-state index contributed by atoms with van der Waals surface area (Å²) >= 11 is 0. The van der Waals surface area contributed by atoms with E-state index in [1.807, 2.05) is 0 Å². The molecule has 0 radical (unpaired) electrons. The van der Waals surface area contributed by atoms with Crippen LogP contribution in [0.1, 0.15) is 24.8 Å². The van der Waals surface area contributed by atoms with Gasteiger partial charge in [0.05, 0.1) is 6.04 Å². The summed E-state index contributed by atoms with van der Waals surface area (Å²) in [6.07, 6.45) is 2.42. The van der Waals surface area contributed by atoms with Gasteiger partial charge in [-0.1, -0.05) is 18.6 Å². The number of carbonyl (C=O) groups excluding carboxylic acids is 1. The predicted molar refractivity (Wildman–Crippen MR) is 87.9 cm³/mol. The molecule has 0 bridgehead atoms. The highest BCUT2D eigenvalue weighted by Crippen LogP contribution is 2.15. The highest BCUT2D eigenvalue weighted by Gasteiger charge is 2.25. The van der Waals surface area contributed by atoms with Gasteiger partial charge in [-0.15, -0.1) is 0 Å². The van der Waals surface area contributed by atoms with Gasteiger partial charge in [0.25, 0.3) is 0 Å². The van der Waals surface area contributed by atoms with Crippen molar-refractivity contribution in [2.45, 2.75) is 37.5 Å². The maximum atomic E-state index is 12.9. The van der Waals surface area contributed by atoms with Crippen molar-refractivity contribution < 1.29 is 19.2 Å². The van der Waals surface area contributed by atoms with E-state index in [4.69, 9.17) is 11.5 Å². The van der Waals surface area contributed by atoms with Gasteiger partial charge >= 0.3 is 7.12 Å². The second-order valence-electron chi connectivity index (χ2n) is 5.64. The molecule has 0 spiro atoms. The summed E-state index contributed by atoms with van der Waals surface area (Å²) in [7, 11) is -1.59. The largest absolute Gasteiger partial charge is 0.456 e. The molecule has 7 N–H and O–H groups in total. The molecule has 0 aliphatic carbocycles. The number of nitrogens with one attached hydrogen (secondary N) is 1. The molecule has 1 amide bonds. The molecule has 128 valence electrons. The minimum Gasteiger partial charge on any atom is -0.427 e. The highest BCUT2D eigenvalue weighted by atomic mass is 19.1. The van der Waals surface area contributed by atoms with Crippen LogP contribution in [0.15, 0.2) is 24.3 Å². The Balaban J connectivity index is 2.46. The number of halogens is 1. The molecule has 23 heavy (non-hydrogen) atoms. The molecule has 0 saturated carbocycles. The summed E-state index contributed by atoms with van der Waals surface area (Å²) in [5, 5.41) is 21.5. The van der Waals surface area contributed by atoms with Crippen LogP contribution in [0.5, 0.6) is 0 Å². The molecule has 1 aromatic carbocycles. The first-order valence-electron chi connectivity index (χ1n) is 7.78. The second kappa shape index (κ2) is 10.3. The maximum absolute atomic E-state index is 12.9. The standard InChI is InChI=1S/C15H25BFN3O3/c17-13-6-4-11(5-7-13)9-12(16(22)23)10-20-15(21)14(19)3-1-2-8-18/h4-7,12,14,22-23H,1-3,8-10,18-19H2,(H,20,21)/t12-,14+/m1/s1. The van der Waals surface area contributed by atoms with Crippen LogP contribution in [0, 0.1) is 5.82 Å². The number of hydrogen-bond donors (Lipinski definition) is 5. The third-order valence-corrected chi connectivity index (χ3v) is 3.68. The van der Waals surface area contributed by atoms with E-state index in [-0.39, 0.29) is 18.3 Å². The smallest absolute Gasteiger partial charge is 0.427 e. The Kier molecular flexibility index (Phi) is 8.79. The van der Waals surface area contributed by atoms with Crippen molar-refractivity contribution in [1.82, 2.24) is 5.32 Å². The van der Waals surface area contributed by atoms with E-state index in [0.717, 1.165) is 18.4 Å². The first-order valence-corrected chi connectivity index (χ1v) is 7.78. The SMILES string of the molecule is NCCCC[C@H](N)C(=O)NC[C@@H](Cc1ccc(F)cc1)B(O)O. The van der Waals surface area contributed by atoms with Crippen molar-refractivity contribution in [2.75, 3.05) is 13.1 Å². The lowest BCUT2D eigenvalue weighted by molar-refractivity contribution is -0.122. The lowest BCUT2D eigenvalue weighted by atomic mass is 9.69. The van der Waals surface area contributed by atoms with Crippen LogP contribution in [-0.2, 0) is 11.2 Å². The summed E-state index contributed by atoms with van der Waals surface area (Å²) < 4.78 is 12.9. The van der Waals surface area contributed by atoms with Crippen LogP contribution < -0.4 is 16.8 Å². The lowest BCUT2D eigenvalue weighted by Gasteiger charge is -2.18. The zero-order valence-corrected chi connectivity index (χ0v) is 13.1. The number of rotatable bonds is 10. The molecule has 1 rings (SSSR count). The summed E-state index contributed by atoms with van der Waals surface area (Å²) in [6, 6.07) is 5.13. The Morgan fingerprint density at radius 3 is 2.48 bits per heavy atom. The number of nitrogens with two attached hydrogens (primary N) is 2. The van der Waals surface area contributed by atoms with E-state index in [9.17, 15) is 19.2 Å².